The maximum Gasteiger partial charge on any atom is 0.511 e. The van der Waals surface area contributed by atoms with Gasteiger partial charge in [-0.15, -0.1) is 0 Å². The second-order valence-electron chi connectivity index (χ2n) is 3.26. The van der Waals surface area contributed by atoms with Crippen molar-refractivity contribution in [1.82, 2.24) is 0 Å². The molecule has 1 atom stereocenters. The highest BCUT2D eigenvalue weighted by Crippen LogP contribution is 2.14. The first-order chi connectivity index (χ1) is 5.91. The Balaban J connectivity index is 3.87. The van der Waals surface area contributed by atoms with Crippen molar-refractivity contribution in [3.05, 3.63) is 0 Å². The van der Waals surface area contributed by atoms with E-state index in [0.717, 1.165) is 0 Å². The van der Waals surface area contributed by atoms with E-state index < -0.39 is 18.0 Å². The van der Waals surface area contributed by atoms with E-state index in [0.29, 0.717) is 6.42 Å². The first kappa shape index (κ1) is 12.2. The molecule has 1 N–H and O–H groups in total. The van der Waals surface area contributed by atoms with Crippen LogP contribution in [-0.2, 0) is 14.4 Å². The highest BCUT2D eigenvalue weighted by atomic mass is 17.1. The van der Waals surface area contributed by atoms with Gasteiger partial charge in [0.2, 0.25) is 6.29 Å². The van der Waals surface area contributed by atoms with E-state index in [-0.39, 0.29) is 0 Å². The van der Waals surface area contributed by atoms with Crippen LogP contribution < -0.4 is 0 Å². The molecule has 13 heavy (non-hydrogen) atoms. The largest absolute Gasteiger partial charge is 0.511 e. The lowest BCUT2D eigenvalue weighted by atomic mass is 10.1. The van der Waals surface area contributed by atoms with E-state index in [1.165, 1.54) is 6.92 Å². The molecule has 0 fully saturated rings. The molecular weight excluding hydrogens is 176 g/mol. The fourth-order valence-electron chi connectivity index (χ4n) is 0.479. The molecule has 0 heterocycles. The summed E-state index contributed by atoms with van der Waals surface area (Å²) in [6, 6.07) is 0. The highest BCUT2D eigenvalue weighted by Gasteiger charge is 2.22. The molecule has 78 valence electrons. The summed E-state index contributed by atoms with van der Waals surface area (Å²) in [5.41, 5.74) is -0.563. The molecule has 0 spiro atoms. The van der Waals surface area contributed by atoms with Crippen LogP contribution in [0.3, 0.4) is 0 Å². The van der Waals surface area contributed by atoms with Gasteiger partial charge in [0.05, 0.1) is 0 Å². The van der Waals surface area contributed by atoms with Crippen molar-refractivity contribution in [3.63, 3.8) is 0 Å². The van der Waals surface area contributed by atoms with Crippen molar-refractivity contribution in [3.8, 4) is 0 Å². The lowest BCUT2D eigenvalue weighted by Crippen LogP contribution is -2.29. The smallest absolute Gasteiger partial charge is 0.428 e. The molecule has 0 saturated carbocycles. The Morgan fingerprint density at radius 2 is 2.08 bits per heavy atom. The predicted octanol–water partition coefficient (Wildman–Crippen LogP) is 2.16. The van der Waals surface area contributed by atoms with E-state index in [9.17, 15) is 4.79 Å². The van der Waals surface area contributed by atoms with Gasteiger partial charge in [-0.3, -0.25) is 0 Å². The van der Waals surface area contributed by atoms with E-state index in [1.54, 1.807) is 13.8 Å². The van der Waals surface area contributed by atoms with Crippen LogP contribution in [0.4, 0.5) is 4.79 Å². The number of carbonyl (C=O) groups is 1. The SMILES string of the molecule is CCC(C)(C)OC(=O)OC(C)OO. The van der Waals surface area contributed by atoms with Crippen molar-refractivity contribution >= 4 is 6.16 Å². The Labute approximate surface area is 77.5 Å². The van der Waals surface area contributed by atoms with Gasteiger partial charge in [-0.25, -0.2) is 10.1 Å². The predicted molar refractivity (Wildman–Crippen MR) is 45.1 cm³/mol. The molecule has 5 heteroatoms. The van der Waals surface area contributed by atoms with Crippen LogP contribution in [0.15, 0.2) is 0 Å². The summed E-state index contributed by atoms with van der Waals surface area (Å²) in [5, 5.41) is 8.11. The van der Waals surface area contributed by atoms with E-state index >= 15 is 0 Å². The number of rotatable bonds is 4. The second-order valence-corrected chi connectivity index (χ2v) is 3.26. The Hall–Kier alpha value is -0.810. The standard InChI is InChI=1S/C8H16O5/c1-5-8(3,4)12-7(9)11-6(2)13-10/h6,10H,5H2,1-4H3. The molecule has 0 saturated heterocycles. The van der Waals surface area contributed by atoms with Gasteiger partial charge in [-0.05, 0) is 20.3 Å². The summed E-state index contributed by atoms with van der Waals surface area (Å²) in [7, 11) is 0. The van der Waals surface area contributed by atoms with Gasteiger partial charge in [0, 0.05) is 6.92 Å². The monoisotopic (exact) mass is 192 g/mol. The van der Waals surface area contributed by atoms with Gasteiger partial charge >= 0.3 is 6.16 Å². The summed E-state index contributed by atoms with van der Waals surface area (Å²) in [4.78, 5) is 14.7. The fraction of sp³-hybridized carbons (Fsp3) is 0.875. The Bertz CT molecular complexity index is 166. The number of hydrogen-bond donors (Lipinski definition) is 1. The maximum absolute atomic E-state index is 11.0. The third-order valence-electron chi connectivity index (χ3n) is 1.62. The zero-order valence-corrected chi connectivity index (χ0v) is 8.36. The molecule has 0 aliphatic rings. The fourth-order valence-corrected chi connectivity index (χ4v) is 0.479. The minimum Gasteiger partial charge on any atom is -0.428 e. The lowest BCUT2D eigenvalue weighted by molar-refractivity contribution is -0.329. The molecule has 0 aliphatic carbocycles. The Morgan fingerprint density at radius 3 is 2.46 bits per heavy atom. The van der Waals surface area contributed by atoms with Crippen LogP contribution in [0.2, 0.25) is 0 Å². The van der Waals surface area contributed by atoms with Crippen LogP contribution >= 0.6 is 0 Å². The summed E-state index contributed by atoms with van der Waals surface area (Å²) in [5.74, 6) is 0. The number of carbonyl (C=O) groups excluding carboxylic acids is 1. The Kier molecular flexibility index (Phi) is 4.72. The lowest BCUT2D eigenvalue weighted by Gasteiger charge is -2.23. The second kappa shape index (κ2) is 5.04. The minimum atomic E-state index is -1.01. The van der Waals surface area contributed by atoms with Crippen LogP contribution in [0.1, 0.15) is 34.1 Å². The van der Waals surface area contributed by atoms with Gasteiger partial charge in [0.25, 0.3) is 0 Å². The van der Waals surface area contributed by atoms with E-state index in [2.05, 4.69) is 9.62 Å². The van der Waals surface area contributed by atoms with Gasteiger partial charge in [0.15, 0.2) is 0 Å². The molecule has 0 aromatic heterocycles. The average Bonchev–Trinajstić information content (AvgIpc) is 2.03. The molecule has 0 radical (unpaired) electrons. The van der Waals surface area contributed by atoms with Gasteiger partial charge in [0.1, 0.15) is 5.60 Å². The van der Waals surface area contributed by atoms with Crippen molar-refractivity contribution in [1.29, 1.82) is 0 Å². The van der Waals surface area contributed by atoms with Crippen LogP contribution in [0.25, 0.3) is 0 Å². The number of ether oxygens (including phenoxy) is 2. The molecule has 0 amide bonds. The third kappa shape index (κ3) is 5.43. The van der Waals surface area contributed by atoms with Crippen LogP contribution in [0.5, 0.6) is 0 Å². The molecule has 0 rings (SSSR count). The molecule has 0 aromatic carbocycles. The van der Waals surface area contributed by atoms with Gasteiger partial charge < -0.3 is 9.47 Å². The molecule has 0 aliphatic heterocycles. The summed E-state index contributed by atoms with van der Waals surface area (Å²) in [6.07, 6.45) is -1.19. The molecule has 0 aromatic rings. The first-order valence-corrected chi connectivity index (χ1v) is 4.11. The normalized spacial score (nSPS) is 13.6. The Morgan fingerprint density at radius 1 is 1.54 bits per heavy atom. The van der Waals surface area contributed by atoms with Crippen molar-refractivity contribution in [2.24, 2.45) is 0 Å². The number of hydrogen-bond acceptors (Lipinski definition) is 5. The summed E-state index contributed by atoms with van der Waals surface area (Å²) >= 11 is 0. The first-order valence-electron chi connectivity index (χ1n) is 4.11. The topological polar surface area (TPSA) is 65.0 Å². The third-order valence-corrected chi connectivity index (χ3v) is 1.62. The van der Waals surface area contributed by atoms with Crippen molar-refractivity contribution in [2.75, 3.05) is 0 Å². The summed E-state index contributed by atoms with van der Waals surface area (Å²) in [6.45, 7) is 6.79. The van der Waals surface area contributed by atoms with Crippen LogP contribution in [0, 0.1) is 0 Å². The van der Waals surface area contributed by atoms with Gasteiger partial charge in [-0.2, -0.15) is 4.89 Å². The summed E-state index contributed by atoms with van der Waals surface area (Å²) < 4.78 is 9.41. The zero-order chi connectivity index (χ0) is 10.5. The molecule has 1 unspecified atom stereocenters. The average molecular weight is 192 g/mol. The van der Waals surface area contributed by atoms with Crippen molar-refractivity contribution in [2.45, 2.75) is 46.0 Å². The zero-order valence-electron chi connectivity index (χ0n) is 8.36. The maximum atomic E-state index is 11.0. The van der Waals surface area contributed by atoms with Crippen molar-refractivity contribution < 1.29 is 24.4 Å². The molecule has 0 bridgehead atoms. The quantitative estimate of drug-likeness (QED) is 0.320. The molecule has 5 nitrogen and oxygen atoms in total. The van der Waals surface area contributed by atoms with Gasteiger partial charge in [-0.1, -0.05) is 6.92 Å². The molecular formula is C8H16O5. The van der Waals surface area contributed by atoms with E-state index in [1.807, 2.05) is 6.92 Å². The highest BCUT2D eigenvalue weighted by molar-refractivity contribution is 5.60. The van der Waals surface area contributed by atoms with E-state index in [4.69, 9.17) is 9.99 Å². The van der Waals surface area contributed by atoms with Crippen LogP contribution in [-0.4, -0.2) is 23.3 Å². The minimum absolute atomic E-state index is 0.563.